The van der Waals surface area contributed by atoms with Crippen LogP contribution in [0.5, 0.6) is 0 Å². The Kier molecular flexibility index (Phi) is 4.14. The number of nitrogens with zero attached hydrogens (tertiary/aromatic N) is 2. The maximum Gasteiger partial charge on any atom is 0.433 e. The van der Waals surface area contributed by atoms with Crippen molar-refractivity contribution in [3.8, 4) is 0 Å². The molecule has 1 atom stereocenters. The number of anilines is 1. The number of hydrogen-bond donors (Lipinski definition) is 0. The number of carbonyl (C=O) groups is 1. The summed E-state index contributed by atoms with van der Waals surface area (Å²) in [5.74, 6) is -0.861. The van der Waals surface area contributed by atoms with Gasteiger partial charge in [0.1, 0.15) is 5.69 Å². The largest absolute Gasteiger partial charge is 0.433 e. The summed E-state index contributed by atoms with van der Waals surface area (Å²) >= 11 is 3.32. The molecule has 1 aliphatic rings. The molecule has 0 aliphatic carbocycles. The summed E-state index contributed by atoms with van der Waals surface area (Å²) in [6.07, 6.45) is -4.06. The van der Waals surface area contributed by atoms with E-state index in [0.29, 0.717) is 13.0 Å². The van der Waals surface area contributed by atoms with Gasteiger partial charge in [-0.15, -0.1) is 0 Å². The molecule has 0 N–H and O–H groups in total. The first-order valence-corrected chi connectivity index (χ1v) is 7.76. The molecule has 0 radical (unpaired) electrons. The van der Waals surface area contributed by atoms with Crippen molar-refractivity contribution in [3.05, 3.63) is 58.3 Å². The number of aromatic nitrogens is 1. The highest BCUT2D eigenvalue weighted by molar-refractivity contribution is 9.10. The zero-order valence-electron chi connectivity index (χ0n) is 11.8. The third-order valence-electron chi connectivity index (χ3n) is 3.76. The van der Waals surface area contributed by atoms with Crippen LogP contribution in [-0.4, -0.2) is 17.4 Å². The lowest BCUT2D eigenvalue weighted by Gasteiger charge is -2.17. The monoisotopic (exact) mass is 384 g/mol. The first-order valence-electron chi connectivity index (χ1n) is 6.97. The van der Waals surface area contributed by atoms with E-state index in [0.717, 1.165) is 16.2 Å². The lowest BCUT2D eigenvalue weighted by Crippen LogP contribution is -2.26. The van der Waals surface area contributed by atoms with Crippen LogP contribution in [0.3, 0.4) is 0 Å². The van der Waals surface area contributed by atoms with Crippen LogP contribution in [0.15, 0.2) is 46.9 Å². The second kappa shape index (κ2) is 5.96. The Morgan fingerprint density at radius 1 is 1.13 bits per heavy atom. The van der Waals surface area contributed by atoms with Gasteiger partial charge in [-0.3, -0.25) is 4.79 Å². The fraction of sp³-hybridized carbons (Fsp3) is 0.250. The molecule has 0 spiro atoms. The summed E-state index contributed by atoms with van der Waals surface area (Å²) in [4.78, 5) is 17.8. The van der Waals surface area contributed by atoms with Crippen LogP contribution in [0, 0.1) is 0 Å². The summed E-state index contributed by atoms with van der Waals surface area (Å²) < 4.78 is 39.2. The van der Waals surface area contributed by atoms with Gasteiger partial charge in [-0.25, -0.2) is 4.98 Å². The van der Waals surface area contributed by atoms with Crippen LogP contribution in [0.1, 0.15) is 23.7 Å². The van der Waals surface area contributed by atoms with E-state index in [-0.39, 0.29) is 11.6 Å². The van der Waals surface area contributed by atoms with Crippen LogP contribution in [0.2, 0.25) is 0 Å². The van der Waals surface area contributed by atoms with Crippen molar-refractivity contribution in [2.24, 2.45) is 0 Å². The minimum Gasteiger partial charge on any atom is -0.312 e. The Labute approximate surface area is 139 Å². The van der Waals surface area contributed by atoms with Crippen molar-refractivity contribution in [3.63, 3.8) is 0 Å². The van der Waals surface area contributed by atoms with Crippen LogP contribution in [0.4, 0.5) is 18.9 Å². The Morgan fingerprint density at radius 2 is 1.83 bits per heavy atom. The molecule has 2 aromatic rings. The first kappa shape index (κ1) is 16.0. The second-order valence-corrected chi connectivity index (χ2v) is 6.17. The van der Waals surface area contributed by atoms with Gasteiger partial charge in [-0.1, -0.05) is 22.0 Å². The average Bonchev–Trinajstić information content (AvgIpc) is 2.89. The highest BCUT2D eigenvalue weighted by atomic mass is 79.9. The molecule has 1 aromatic heterocycles. The molecule has 0 saturated carbocycles. The van der Waals surface area contributed by atoms with E-state index in [2.05, 4.69) is 20.9 Å². The van der Waals surface area contributed by atoms with Gasteiger partial charge in [0, 0.05) is 16.7 Å². The maximum atomic E-state index is 12.8. The average molecular weight is 385 g/mol. The smallest absolute Gasteiger partial charge is 0.312 e. The third kappa shape index (κ3) is 3.24. The Bertz CT molecular complexity index is 731. The summed E-state index contributed by atoms with van der Waals surface area (Å²) in [6.45, 7) is 0.461. The summed E-state index contributed by atoms with van der Waals surface area (Å²) in [6, 6.07) is 10.9. The highest BCUT2D eigenvalue weighted by Gasteiger charge is 2.37. The van der Waals surface area contributed by atoms with E-state index in [4.69, 9.17) is 0 Å². The van der Waals surface area contributed by atoms with Crippen molar-refractivity contribution in [2.75, 3.05) is 11.4 Å². The van der Waals surface area contributed by atoms with Gasteiger partial charge in [0.25, 0.3) is 0 Å². The van der Waals surface area contributed by atoms with Crippen molar-refractivity contribution < 1.29 is 18.0 Å². The standard InChI is InChI=1S/C16H12BrF3N2O/c17-10-4-6-11(7-5-10)22-9-8-12(15(22)23)13-2-1-3-14(21-13)16(18,19)20/h1-7,12H,8-9H2. The lowest BCUT2D eigenvalue weighted by molar-refractivity contribution is -0.141. The zero-order valence-corrected chi connectivity index (χ0v) is 13.4. The van der Waals surface area contributed by atoms with Crippen molar-refractivity contribution in [2.45, 2.75) is 18.5 Å². The topological polar surface area (TPSA) is 33.2 Å². The Morgan fingerprint density at radius 3 is 2.48 bits per heavy atom. The van der Waals surface area contributed by atoms with E-state index < -0.39 is 17.8 Å². The summed E-state index contributed by atoms with van der Waals surface area (Å²) in [5, 5.41) is 0. The summed E-state index contributed by atoms with van der Waals surface area (Å²) in [7, 11) is 0. The lowest BCUT2D eigenvalue weighted by atomic mass is 10.0. The predicted octanol–water partition coefficient (Wildman–Crippen LogP) is 4.38. The first-order chi connectivity index (χ1) is 10.9. The van der Waals surface area contributed by atoms with Gasteiger partial charge in [0.2, 0.25) is 5.91 Å². The molecule has 1 saturated heterocycles. The third-order valence-corrected chi connectivity index (χ3v) is 4.29. The summed E-state index contributed by atoms with van der Waals surface area (Å²) in [5.41, 5.74) is -0.0676. The predicted molar refractivity (Wildman–Crippen MR) is 83.1 cm³/mol. The fourth-order valence-corrected chi connectivity index (χ4v) is 2.90. The molecular weight excluding hydrogens is 373 g/mol. The van der Waals surface area contributed by atoms with Crippen LogP contribution >= 0.6 is 15.9 Å². The molecule has 3 nitrogen and oxygen atoms in total. The molecule has 1 amide bonds. The molecule has 120 valence electrons. The molecule has 1 aromatic carbocycles. The van der Waals surface area contributed by atoms with E-state index in [1.54, 1.807) is 17.0 Å². The molecule has 1 aliphatic heterocycles. The van der Waals surface area contributed by atoms with Crippen LogP contribution < -0.4 is 4.90 Å². The molecule has 1 unspecified atom stereocenters. The minimum atomic E-state index is -4.51. The van der Waals surface area contributed by atoms with Crippen molar-refractivity contribution in [1.82, 2.24) is 4.98 Å². The van der Waals surface area contributed by atoms with Gasteiger partial charge in [0.05, 0.1) is 11.6 Å². The maximum absolute atomic E-state index is 12.8. The normalized spacial score (nSPS) is 18.5. The van der Waals surface area contributed by atoms with Crippen LogP contribution in [0.25, 0.3) is 0 Å². The van der Waals surface area contributed by atoms with Gasteiger partial charge < -0.3 is 4.90 Å². The van der Waals surface area contributed by atoms with Crippen molar-refractivity contribution in [1.29, 1.82) is 0 Å². The number of hydrogen-bond acceptors (Lipinski definition) is 2. The van der Waals surface area contributed by atoms with Gasteiger partial charge in [0.15, 0.2) is 0 Å². The molecule has 3 rings (SSSR count). The fourth-order valence-electron chi connectivity index (χ4n) is 2.64. The second-order valence-electron chi connectivity index (χ2n) is 5.25. The number of benzene rings is 1. The number of halogens is 4. The Balaban J connectivity index is 1.86. The molecule has 23 heavy (non-hydrogen) atoms. The van der Waals surface area contributed by atoms with Crippen molar-refractivity contribution >= 4 is 27.5 Å². The number of rotatable bonds is 2. The van der Waals surface area contributed by atoms with E-state index >= 15 is 0 Å². The van der Waals surface area contributed by atoms with Crippen LogP contribution in [-0.2, 0) is 11.0 Å². The molecule has 2 heterocycles. The van der Waals surface area contributed by atoms with E-state index in [1.807, 2.05) is 12.1 Å². The highest BCUT2D eigenvalue weighted by Crippen LogP contribution is 2.34. The number of pyridine rings is 1. The van der Waals surface area contributed by atoms with E-state index in [1.165, 1.54) is 12.1 Å². The molecule has 0 bridgehead atoms. The quantitative estimate of drug-likeness (QED) is 0.769. The zero-order chi connectivity index (χ0) is 16.6. The van der Waals surface area contributed by atoms with Gasteiger partial charge in [-0.05, 0) is 42.8 Å². The van der Waals surface area contributed by atoms with E-state index in [9.17, 15) is 18.0 Å². The molecular formula is C16H12BrF3N2O. The SMILES string of the molecule is O=C1C(c2cccc(C(F)(F)F)n2)CCN1c1ccc(Br)cc1. The van der Waals surface area contributed by atoms with Gasteiger partial charge >= 0.3 is 6.18 Å². The number of alkyl halides is 3. The number of amides is 1. The number of carbonyl (C=O) groups excluding carboxylic acids is 1. The van der Waals surface area contributed by atoms with Gasteiger partial charge in [-0.2, -0.15) is 13.2 Å². The molecule has 7 heteroatoms. The minimum absolute atomic E-state index is 0.171. The molecule has 1 fully saturated rings. The Hall–Kier alpha value is -1.89.